The number of fused-ring (bicyclic) bond motifs is 6. The van der Waals surface area contributed by atoms with E-state index in [4.69, 9.17) is 28.9 Å². The molecule has 2 fully saturated rings. The summed E-state index contributed by atoms with van der Waals surface area (Å²) in [6.07, 6.45) is 4.53. The van der Waals surface area contributed by atoms with Crippen molar-refractivity contribution < 1.29 is 38.1 Å². The molecule has 60 heavy (non-hydrogen) atoms. The Bertz CT molecular complexity index is 2380. The van der Waals surface area contributed by atoms with Crippen LogP contribution in [-0.2, 0) is 36.8 Å². The first-order valence-corrected chi connectivity index (χ1v) is 20.8. The lowest BCUT2D eigenvalue weighted by atomic mass is 9.91. The number of alkyl carbamates (subject to hydrolysis) is 2. The Morgan fingerprint density at radius 3 is 2.42 bits per heavy atom. The number of nitrogens with one attached hydrogen (secondary N) is 3. The molecule has 4 aliphatic heterocycles. The second kappa shape index (κ2) is 16.6. The van der Waals surface area contributed by atoms with Gasteiger partial charge in [0.05, 0.1) is 50.0 Å². The molecule has 0 unspecified atom stereocenters. The van der Waals surface area contributed by atoms with Crippen molar-refractivity contribution in [3.05, 3.63) is 65.6 Å². The molecule has 2 saturated heterocycles. The highest BCUT2D eigenvalue weighted by atomic mass is 16.5. The van der Waals surface area contributed by atoms with Crippen molar-refractivity contribution in [3.8, 4) is 28.1 Å². The number of nitrogens with zero attached hydrogens (tertiary/aromatic N) is 4. The maximum Gasteiger partial charge on any atom is 0.407 e. The number of benzene rings is 3. The fourth-order valence-electron chi connectivity index (χ4n) is 9.49. The average molecular weight is 820 g/mol. The highest BCUT2D eigenvalue weighted by Crippen LogP contribution is 2.45. The first-order valence-electron chi connectivity index (χ1n) is 20.8. The van der Waals surface area contributed by atoms with Crippen molar-refractivity contribution >= 4 is 46.2 Å². The molecule has 4 amide bonds. The zero-order valence-corrected chi connectivity index (χ0v) is 35.2. The molecular weight excluding hydrogens is 767 g/mol. The van der Waals surface area contributed by atoms with Gasteiger partial charge >= 0.3 is 12.2 Å². The molecule has 15 heteroatoms. The van der Waals surface area contributed by atoms with Crippen molar-refractivity contribution in [1.82, 2.24) is 30.4 Å². The number of hydrogen-bond donors (Lipinski definition) is 3. The lowest BCUT2D eigenvalue weighted by molar-refractivity contribution is -0.138. The number of aliphatic imine (C=N–C) groups is 1. The molecule has 0 radical (unpaired) electrons. The van der Waals surface area contributed by atoms with Crippen molar-refractivity contribution in [1.29, 1.82) is 0 Å². The molecular formula is C45H53N7O8. The number of amides is 4. The number of ether oxygens (including phenoxy) is 4. The van der Waals surface area contributed by atoms with Crippen LogP contribution in [0.4, 0.5) is 15.3 Å². The number of aromatic amines is 1. The van der Waals surface area contributed by atoms with E-state index in [1.807, 2.05) is 22.9 Å². The van der Waals surface area contributed by atoms with Gasteiger partial charge in [0.2, 0.25) is 11.8 Å². The number of hydrogen-bond acceptors (Lipinski definition) is 10. The number of imidazole rings is 1. The monoisotopic (exact) mass is 819 g/mol. The van der Waals surface area contributed by atoms with Gasteiger partial charge < -0.3 is 44.4 Å². The lowest BCUT2D eigenvalue weighted by Crippen LogP contribution is -2.57. The quantitative estimate of drug-likeness (QED) is 0.156. The van der Waals surface area contributed by atoms with Gasteiger partial charge in [0.15, 0.2) is 0 Å². The number of likely N-dealkylation sites (tertiary alicyclic amines) is 2. The molecule has 1 aromatic heterocycles. The van der Waals surface area contributed by atoms with E-state index in [0.717, 1.165) is 93.5 Å². The van der Waals surface area contributed by atoms with E-state index in [2.05, 4.69) is 65.0 Å². The zero-order chi connectivity index (χ0) is 42.4. The summed E-state index contributed by atoms with van der Waals surface area (Å²) in [5.74, 6) is 1.14. The second-order valence-electron chi connectivity index (χ2n) is 16.3. The first-order chi connectivity index (χ1) is 28.9. The SMILES string of the molecule is CC[C@H]1CC[C@@H](c2ncc(-c3ccc4c(c3)COc3cc5c6c(ccc5cc3-4)N=C([C@@H]3CC[C@H](C)N3C(=O)[C@@H](NC(=O)OC)[C@@H](C)OC)C6)[nH]2)N1C(=O)[C@H](C)NC(=O)OC. The molecule has 0 spiro atoms. The van der Waals surface area contributed by atoms with E-state index >= 15 is 0 Å². The largest absolute Gasteiger partial charge is 0.488 e. The Kier molecular flexibility index (Phi) is 11.3. The van der Waals surface area contributed by atoms with E-state index in [9.17, 15) is 19.2 Å². The van der Waals surface area contributed by atoms with Crippen LogP contribution in [0, 0.1) is 0 Å². The minimum atomic E-state index is -0.905. The van der Waals surface area contributed by atoms with E-state index < -0.39 is 30.4 Å². The van der Waals surface area contributed by atoms with Crippen molar-refractivity contribution in [3.63, 3.8) is 0 Å². The summed E-state index contributed by atoms with van der Waals surface area (Å²) in [5.41, 5.74) is 7.89. The molecule has 4 aromatic rings. The molecule has 0 bridgehead atoms. The number of carbonyl (C=O) groups is 4. The number of methoxy groups -OCH3 is 3. The summed E-state index contributed by atoms with van der Waals surface area (Å²) in [6, 6.07) is 12.7. The summed E-state index contributed by atoms with van der Waals surface area (Å²) in [4.78, 5) is 68.8. The molecule has 4 aliphatic rings. The number of carbonyl (C=O) groups excluding carboxylic acids is 4. The van der Waals surface area contributed by atoms with Crippen LogP contribution in [0.15, 0.2) is 53.7 Å². The summed E-state index contributed by atoms with van der Waals surface area (Å²) in [7, 11) is 4.07. The summed E-state index contributed by atoms with van der Waals surface area (Å²) in [5, 5.41) is 7.44. The van der Waals surface area contributed by atoms with Gasteiger partial charge in [-0.2, -0.15) is 0 Å². The zero-order valence-electron chi connectivity index (χ0n) is 35.2. The molecule has 3 aromatic carbocycles. The van der Waals surface area contributed by atoms with Gasteiger partial charge in [-0.05, 0) is 110 Å². The Hall–Kier alpha value is -5.96. The van der Waals surface area contributed by atoms with Gasteiger partial charge in [0.25, 0.3) is 0 Å². The van der Waals surface area contributed by atoms with Crippen LogP contribution in [-0.4, -0.2) is 107 Å². The topological polar surface area (TPSA) is 177 Å². The third-order valence-corrected chi connectivity index (χ3v) is 12.8. The van der Waals surface area contributed by atoms with Gasteiger partial charge in [-0.1, -0.05) is 25.1 Å². The van der Waals surface area contributed by atoms with Crippen LogP contribution in [0.1, 0.15) is 82.8 Å². The normalized spacial score (nSPS) is 21.9. The van der Waals surface area contributed by atoms with Crippen LogP contribution in [0.5, 0.6) is 5.75 Å². The molecule has 7 atom stereocenters. The molecule has 0 saturated carbocycles. The maximum atomic E-state index is 14.1. The summed E-state index contributed by atoms with van der Waals surface area (Å²) < 4.78 is 21.5. The van der Waals surface area contributed by atoms with Gasteiger partial charge in [-0.3, -0.25) is 14.6 Å². The van der Waals surface area contributed by atoms with Crippen LogP contribution in [0.25, 0.3) is 33.2 Å². The van der Waals surface area contributed by atoms with Crippen molar-refractivity contribution in [2.75, 3.05) is 21.3 Å². The van der Waals surface area contributed by atoms with E-state index in [0.29, 0.717) is 18.9 Å². The van der Waals surface area contributed by atoms with Crippen molar-refractivity contribution in [2.24, 2.45) is 4.99 Å². The third-order valence-electron chi connectivity index (χ3n) is 12.8. The molecule has 3 N–H and O–H groups in total. The van der Waals surface area contributed by atoms with E-state index in [-0.39, 0.29) is 36.0 Å². The molecule has 0 aliphatic carbocycles. The Morgan fingerprint density at radius 1 is 0.900 bits per heavy atom. The Balaban J connectivity index is 1.01. The number of rotatable bonds is 10. The van der Waals surface area contributed by atoms with Gasteiger partial charge in [-0.25, -0.2) is 14.6 Å². The summed E-state index contributed by atoms with van der Waals surface area (Å²) in [6.45, 7) is 7.92. The van der Waals surface area contributed by atoms with Gasteiger partial charge in [-0.15, -0.1) is 0 Å². The van der Waals surface area contributed by atoms with Crippen LogP contribution < -0.4 is 15.4 Å². The molecule has 15 nitrogen and oxygen atoms in total. The maximum absolute atomic E-state index is 14.1. The fourth-order valence-corrected chi connectivity index (χ4v) is 9.49. The predicted octanol–water partition coefficient (Wildman–Crippen LogP) is 6.74. The lowest BCUT2D eigenvalue weighted by Gasteiger charge is -2.34. The highest BCUT2D eigenvalue weighted by Gasteiger charge is 2.44. The minimum absolute atomic E-state index is 0.0399. The fraction of sp³-hybridized carbons (Fsp3) is 0.467. The number of H-pyrrole nitrogens is 1. The van der Waals surface area contributed by atoms with Crippen molar-refractivity contribution in [2.45, 2.75) is 115 Å². The third kappa shape index (κ3) is 7.33. The number of aromatic nitrogens is 2. The van der Waals surface area contributed by atoms with Crippen LogP contribution in [0.2, 0.25) is 0 Å². The average Bonchev–Trinajstić information content (AvgIpc) is 4.09. The smallest absolute Gasteiger partial charge is 0.407 e. The predicted molar refractivity (Wildman–Crippen MR) is 225 cm³/mol. The molecule has 316 valence electrons. The highest BCUT2D eigenvalue weighted by molar-refractivity contribution is 6.06. The Morgan fingerprint density at radius 2 is 1.67 bits per heavy atom. The summed E-state index contributed by atoms with van der Waals surface area (Å²) >= 11 is 0. The van der Waals surface area contributed by atoms with Gasteiger partial charge in [0, 0.05) is 36.9 Å². The first kappa shape index (κ1) is 40.8. The van der Waals surface area contributed by atoms with E-state index in [1.165, 1.54) is 21.3 Å². The standard InChI is InChI=1S/C45H53N7O8/c1-8-29-12-16-38(52(29)42(53)24(3)47-44(55)58-6)41-46-21-36(49-41)27-10-13-30-28(17-27)22-60-39-20-31-26(18-33(30)39)11-14-34-32(31)19-35(48-34)37-15-9-23(2)51(37)43(54)40(25(4)57-5)50-45(56)59-7/h10-11,13-14,17-18,20-21,23-25,29,37-38,40H,8-9,12,15-16,19,22H2,1-7H3,(H,46,49)(H,47,55)(H,50,56)/t23-,24-,25+,29-,37-,38-,40-/m0/s1. The molecule has 8 rings (SSSR count). The molecule has 5 heterocycles. The Labute approximate surface area is 349 Å². The van der Waals surface area contributed by atoms with Gasteiger partial charge in [0.1, 0.15) is 30.3 Å². The second-order valence-corrected chi connectivity index (χ2v) is 16.3. The van der Waals surface area contributed by atoms with E-state index in [1.54, 1.807) is 13.8 Å². The van der Waals surface area contributed by atoms with Crippen LogP contribution >= 0.6 is 0 Å². The minimum Gasteiger partial charge on any atom is -0.488 e. The van der Waals surface area contributed by atoms with Crippen LogP contribution in [0.3, 0.4) is 0 Å².